The van der Waals surface area contributed by atoms with Crippen molar-refractivity contribution in [1.82, 2.24) is 5.32 Å². The highest BCUT2D eigenvalue weighted by molar-refractivity contribution is 5.81. The molecule has 0 amide bonds. The lowest BCUT2D eigenvalue weighted by Gasteiger charge is -2.26. The number of benzene rings is 1. The molecule has 2 heterocycles. The van der Waals surface area contributed by atoms with Gasteiger partial charge < -0.3 is 9.73 Å². The van der Waals surface area contributed by atoms with Gasteiger partial charge in [-0.2, -0.15) is 0 Å². The van der Waals surface area contributed by atoms with E-state index in [9.17, 15) is 4.39 Å². The molecule has 1 N–H and O–H groups in total. The van der Waals surface area contributed by atoms with Gasteiger partial charge in [0.2, 0.25) is 0 Å². The van der Waals surface area contributed by atoms with Gasteiger partial charge in [0.05, 0.1) is 6.26 Å². The lowest BCUT2D eigenvalue weighted by molar-refractivity contribution is 0.445. The van der Waals surface area contributed by atoms with Crippen molar-refractivity contribution in [2.45, 2.75) is 5.92 Å². The fourth-order valence-corrected chi connectivity index (χ4v) is 1.85. The third-order valence-corrected chi connectivity index (χ3v) is 2.79. The highest BCUT2D eigenvalue weighted by Crippen LogP contribution is 2.30. The maximum atomic E-state index is 12.9. The number of halogens is 1. The molecule has 0 radical (unpaired) electrons. The van der Waals surface area contributed by atoms with Gasteiger partial charge in [0.1, 0.15) is 11.4 Å². The van der Waals surface area contributed by atoms with Crippen LogP contribution < -0.4 is 5.32 Å². The predicted molar refractivity (Wildman–Crippen MR) is 51.8 cm³/mol. The highest BCUT2D eigenvalue weighted by atomic mass is 19.1. The van der Waals surface area contributed by atoms with Gasteiger partial charge in [-0.1, -0.05) is 0 Å². The first-order chi connectivity index (χ1) is 6.84. The van der Waals surface area contributed by atoms with Crippen molar-refractivity contribution in [3.8, 4) is 0 Å². The number of fused-ring (bicyclic) bond motifs is 1. The molecule has 1 saturated heterocycles. The van der Waals surface area contributed by atoms with Crippen LogP contribution >= 0.6 is 0 Å². The molecule has 2 nitrogen and oxygen atoms in total. The number of hydrogen-bond donors (Lipinski definition) is 1. The molecule has 0 saturated carbocycles. The zero-order valence-corrected chi connectivity index (χ0v) is 7.59. The first-order valence-corrected chi connectivity index (χ1v) is 4.72. The van der Waals surface area contributed by atoms with Gasteiger partial charge in [-0.3, -0.25) is 0 Å². The Hall–Kier alpha value is -1.35. The van der Waals surface area contributed by atoms with Crippen LogP contribution in [0.1, 0.15) is 11.5 Å². The fourth-order valence-electron chi connectivity index (χ4n) is 1.85. The van der Waals surface area contributed by atoms with E-state index in [-0.39, 0.29) is 5.82 Å². The standard InChI is InChI=1S/C11H10FNO/c12-8-1-2-9-10(7-4-13-5-7)6-14-11(9)3-8/h1-3,6-7,13H,4-5H2. The average molecular weight is 191 g/mol. The Kier molecular flexibility index (Phi) is 1.61. The predicted octanol–water partition coefficient (Wildman–Crippen LogP) is 2.26. The Bertz CT molecular complexity index is 473. The first-order valence-electron chi connectivity index (χ1n) is 4.72. The van der Waals surface area contributed by atoms with Gasteiger partial charge in [0, 0.05) is 36.0 Å². The van der Waals surface area contributed by atoms with Crippen LogP contribution in [-0.2, 0) is 0 Å². The molecule has 3 heteroatoms. The largest absolute Gasteiger partial charge is 0.464 e. The Morgan fingerprint density at radius 2 is 2.21 bits per heavy atom. The van der Waals surface area contributed by atoms with Gasteiger partial charge in [0.25, 0.3) is 0 Å². The second-order valence-electron chi connectivity index (χ2n) is 3.69. The van der Waals surface area contributed by atoms with Gasteiger partial charge in [-0.25, -0.2) is 4.39 Å². The molecule has 1 aromatic heterocycles. The van der Waals surface area contributed by atoms with Gasteiger partial charge in [0.15, 0.2) is 0 Å². The summed E-state index contributed by atoms with van der Waals surface area (Å²) in [7, 11) is 0. The van der Waals surface area contributed by atoms with Crippen LogP contribution in [0.25, 0.3) is 11.0 Å². The summed E-state index contributed by atoms with van der Waals surface area (Å²) in [6.45, 7) is 1.98. The number of rotatable bonds is 1. The van der Waals surface area contributed by atoms with E-state index in [4.69, 9.17) is 4.42 Å². The molecular formula is C11H10FNO. The maximum absolute atomic E-state index is 12.9. The summed E-state index contributed by atoms with van der Waals surface area (Å²) in [6, 6.07) is 4.71. The van der Waals surface area contributed by atoms with Crippen molar-refractivity contribution in [3.05, 3.63) is 35.8 Å². The summed E-state index contributed by atoms with van der Waals surface area (Å²) in [5, 5.41) is 4.25. The molecule has 0 spiro atoms. The molecule has 1 aliphatic heterocycles. The van der Waals surface area contributed by atoms with Gasteiger partial charge in [-0.05, 0) is 12.1 Å². The molecule has 0 bridgehead atoms. The monoisotopic (exact) mass is 191 g/mol. The van der Waals surface area contributed by atoms with E-state index in [2.05, 4.69) is 5.32 Å². The van der Waals surface area contributed by atoms with Crippen LogP contribution in [0, 0.1) is 5.82 Å². The SMILES string of the molecule is Fc1ccc2c(C3CNC3)coc2c1. The van der Waals surface area contributed by atoms with Crippen LogP contribution in [0.4, 0.5) is 4.39 Å². The third-order valence-electron chi connectivity index (χ3n) is 2.79. The molecule has 14 heavy (non-hydrogen) atoms. The zero-order valence-electron chi connectivity index (χ0n) is 7.59. The first kappa shape index (κ1) is 8.00. The van der Waals surface area contributed by atoms with Crippen LogP contribution in [-0.4, -0.2) is 13.1 Å². The Morgan fingerprint density at radius 1 is 1.36 bits per heavy atom. The fraction of sp³-hybridized carbons (Fsp3) is 0.273. The normalized spacial score (nSPS) is 17.2. The van der Waals surface area contributed by atoms with Crippen molar-refractivity contribution in [1.29, 1.82) is 0 Å². The van der Waals surface area contributed by atoms with E-state index < -0.39 is 0 Å². The summed E-state index contributed by atoms with van der Waals surface area (Å²) in [6.07, 6.45) is 1.75. The minimum Gasteiger partial charge on any atom is -0.464 e. The second kappa shape index (κ2) is 2.82. The summed E-state index contributed by atoms with van der Waals surface area (Å²) in [5.41, 5.74) is 1.84. The molecule has 0 atom stereocenters. The number of hydrogen-bond acceptors (Lipinski definition) is 2. The molecule has 1 fully saturated rings. The molecule has 2 aromatic rings. The van der Waals surface area contributed by atoms with Crippen molar-refractivity contribution < 1.29 is 8.81 Å². The summed E-state index contributed by atoms with van der Waals surface area (Å²) < 4.78 is 18.2. The van der Waals surface area contributed by atoms with Crippen LogP contribution in [0.2, 0.25) is 0 Å². The van der Waals surface area contributed by atoms with Crippen molar-refractivity contribution in [3.63, 3.8) is 0 Å². The summed E-state index contributed by atoms with van der Waals surface area (Å²) >= 11 is 0. The van der Waals surface area contributed by atoms with Crippen LogP contribution in [0.5, 0.6) is 0 Å². The van der Waals surface area contributed by atoms with Gasteiger partial charge >= 0.3 is 0 Å². The minimum absolute atomic E-state index is 0.245. The Balaban J connectivity index is 2.16. The lowest BCUT2D eigenvalue weighted by Crippen LogP contribution is -2.39. The van der Waals surface area contributed by atoms with Crippen LogP contribution in [0.3, 0.4) is 0 Å². The Morgan fingerprint density at radius 3 is 2.93 bits per heavy atom. The van der Waals surface area contributed by atoms with Crippen molar-refractivity contribution in [2.75, 3.05) is 13.1 Å². The molecule has 72 valence electrons. The van der Waals surface area contributed by atoms with E-state index in [1.54, 1.807) is 12.3 Å². The van der Waals surface area contributed by atoms with Crippen LogP contribution in [0.15, 0.2) is 28.9 Å². The topological polar surface area (TPSA) is 25.2 Å². The highest BCUT2D eigenvalue weighted by Gasteiger charge is 2.22. The smallest absolute Gasteiger partial charge is 0.137 e. The van der Waals surface area contributed by atoms with E-state index in [1.807, 2.05) is 0 Å². The Labute approximate surface area is 80.7 Å². The molecule has 1 aromatic carbocycles. The quantitative estimate of drug-likeness (QED) is 0.747. The summed E-state index contributed by atoms with van der Waals surface area (Å²) in [4.78, 5) is 0. The second-order valence-corrected chi connectivity index (χ2v) is 3.69. The van der Waals surface area contributed by atoms with E-state index >= 15 is 0 Å². The molecule has 0 aliphatic carbocycles. The summed E-state index contributed by atoms with van der Waals surface area (Å²) in [5.74, 6) is 0.284. The van der Waals surface area contributed by atoms with E-state index in [1.165, 1.54) is 17.7 Å². The zero-order chi connectivity index (χ0) is 9.54. The molecular weight excluding hydrogens is 181 g/mol. The van der Waals surface area contributed by atoms with Gasteiger partial charge in [-0.15, -0.1) is 0 Å². The number of furan rings is 1. The molecule has 1 aliphatic rings. The number of nitrogens with one attached hydrogen (secondary N) is 1. The van der Waals surface area contributed by atoms with Crippen molar-refractivity contribution in [2.24, 2.45) is 0 Å². The maximum Gasteiger partial charge on any atom is 0.137 e. The molecule has 0 unspecified atom stereocenters. The van der Waals surface area contributed by atoms with Crippen molar-refractivity contribution >= 4 is 11.0 Å². The van der Waals surface area contributed by atoms with E-state index in [0.717, 1.165) is 18.5 Å². The lowest BCUT2D eigenvalue weighted by atomic mass is 9.93. The molecule has 3 rings (SSSR count). The minimum atomic E-state index is -0.245. The third kappa shape index (κ3) is 1.06. The van der Waals surface area contributed by atoms with E-state index in [0.29, 0.717) is 11.5 Å². The average Bonchev–Trinajstić information content (AvgIpc) is 2.45.